The minimum Gasteiger partial charge on any atom is -0.461 e. The van der Waals surface area contributed by atoms with E-state index in [9.17, 15) is 23.0 Å². The molecule has 2 aromatic rings. The summed E-state index contributed by atoms with van der Waals surface area (Å²) in [5, 5.41) is 2.85. The van der Waals surface area contributed by atoms with Gasteiger partial charge in [-0.25, -0.2) is 13.6 Å². The first-order chi connectivity index (χ1) is 18.3. The van der Waals surface area contributed by atoms with E-state index in [2.05, 4.69) is 6.58 Å². The highest BCUT2D eigenvalue weighted by atomic mass is 32.1. The summed E-state index contributed by atoms with van der Waals surface area (Å²) in [7, 11) is 0. The Hall–Kier alpha value is -3.59. The van der Waals surface area contributed by atoms with Gasteiger partial charge in [0.25, 0.3) is 5.91 Å². The zero-order valence-corrected chi connectivity index (χ0v) is 22.4. The third-order valence-electron chi connectivity index (χ3n) is 6.39. The number of carbonyl (C=O) groups is 3. The predicted octanol–water partition coefficient (Wildman–Crippen LogP) is 3.80. The highest BCUT2D eigenvalue weighted by molar-refractivity contribution is 7.69. The highest BCUT2D eigenvalue weighted by Gasteiger charge is 2.47. The lowest BCUT2D eigenvalue weighted by molar-refractivity contribution is -0.166. The molecular formula is C29H33FN2O5S. The Morgan fingerprint density at radius 2 is 1.66 bits per heavy atom. The van der Waals surface area contributed by atoms with Crippen molar-refractivity contribution >= 4 is 33.9 Å². The molecular weight excluding hydrogens is 507 g/mol. The van der Waals surface area contributed by atoms with Crippen molar-refractivity contribution in [2.45, 2.75) is 57.9 Å². The molecule has 1 atom stereocenters. The number of hydrogen-bond donors (Lipinski definition) is 0. The van der Waals surface area contributed by atoms with Gasteiger partial charge in [0.05, 0.1) is 6.42 Å². The van der Waals surface area contributed by atoms with Crippen molar-refractivity contribution in [3.8, 4) is 0 Å². The monoisotopic (exact) mass is 540 g/mol. The third-order valence-corrected chi connectivity index (χ3v) is 7.02. The second kappa shape index (κ2) is 14.4. The molecule has 1 heterocycles. The van der Waals surface area contributed by atoms with E-state index in [0.29, 0.717) is 13.0 Å². The fourth-order valence-corrected chi connectivity index (χ4v) is 4.85. The SMILES string of the molecule is C=CCOC(=O)Cc1ccc(CC2C(=S=O)C(=O)N2N(CCCCCCc2ccc(F)cc2)C(C)=O)cc1. The van der Waals surface area contributed by atoms with Gasteiger partial charge in [-0.3, -0.25) is 19.4 Å². The molecule has 0 saturated carbocycles. The molecule has 1 aliphatic heterocycles. The molecule has 0 spiro atoms. The lowest BCUT2D eigenvalue weighted by Crippen LogP contribution is -2.69. The average molecular weight is 541 g/mol. The molecule has 2 amide bonds. The number of halogens is 1. The minimum atomic E-state index is -0.504. The Morgan fingerprint density at radius 1 is 1.03 bits per heavy atom. The summed E-state index contributed by atoms with van der Waals surface area (Å²) in [6.45, 7) is 5.48. The maximum Gasteiger partial charge on any atom is 0.310 e. The first-order valence-electron chi connectivity index (χ1n) is 12.7. The van der Waals surface area contributed by atoms with Crippen molar-refractivity contribution in [3.05, 3.63) is 83.7 Å². The van der Waals surface area contributed by atoms with Crippen molar-refractivity contribution in [2.75, 3.05) is 13.2 Å². The van der Waals surface area contributed by atoms with Gasteiger partial charge in [-0.2, -0.15) is 0 Å². The van der Waals surface area contributed by atoms with Gasteiger partial charge in [0.1, 0.15) is 34.6 Å². The summed E-state index contributed by atoms with van der Waals surface area (Å²) >= 11 is 0.178. The molecule has 202 valence electrons. The van der Waals surface area contributed by atoms with E-state index in [-0.39, 0.29) is 46.8 Å². The topological polar surface area (TPSA) is 84.0 Å². The first kappa shape index (κ1) is 29.0. The van der Waals surface area contributed by atoms with Crippen LogP contribution in [0.4, 0.5) is 4.39 Å². The van der Waals surface area contributed by atoms with E-state index in [1.54, 1.807) is 12.1 Å². The molecule has 0 radical (unpaired) electrons. The van der Waals surface area contributed by atoms with Gasteiger partial charge in [-0.05, 0) is 48.1 Å². The van der Waals surface area contributed by atoms with Crippen LogP contribution in [-0.2, 0) is 49.6 Å². The largest absolute Gasteiger partial charge is 0.461 e. The summed E-state index contributed by atoms with van der Waals surface area (Å²) in [5.74, 6) is -1.27. The number of β-lactam (4-membered cyclic amide) rings is 1. The molecule has 1 fully saturated rings. The van der Waals surface area contributed by atoms with E-state index >= 15 is 0 Å². The average Bonchev–Trinajstić information content (AvgIpc) is 2.90. The first-order valence-corrected chi connectivity index (χ1v) is 13.4. The summed E-state index contributed by atoms with van der Waals surface area (Å²) in [6, 6.07) is 13.3. The predicted molar refractivity (Wildman–Crippen MR) is 145 cm³/mol. The van der Waals surface area contributed by atoms with E-state index in [1.807, 2.05) is 24.3 Å². The second-order valence-corrected chi connectivity index (χ2v) is 9.82. The van der Waals surface area contributed by atoms with E-state index < -0.39 is 11.9 Å². The number of unbranched alkanes of at least 4 members (excludes halogenated alkanes) is 3. The quantitative estimate of drug-likeness (QED) is 0.120. The molecule has 9 heteroatoms. The van der Waals surface area contributed by atoms with Crippen LogP contribution in [0.25, 0.3) is 0 Å². The fraction of sp³-hybridized carbons (Fsp3) is 0.379. The Kier molecular flexibility index (Phi) is 11.0. The second-order valence-electron chi connectivity index (χ2n) is 9.22. The summed E-state index contributed by atoms with van der Waals surface area (Å²) in [5.41, 5.74) is 2.76. The molecule has 1 saturated heterocycles. The van der Waals surface area contributed by atoms with Crippen LogP contribution in [-0.4, -0.2) is 56.1 Å². The smallest absolute Gasteiger partial charge is 0.310 e. The van der Waals surface area contributed by atoms with E-state index in [4.69, 9.17) is 4.74 Å². The van der Waals surface area contributed by atoms with Gasteiger partial charge in [0.2, 0.25) is 5.91 Å². The van der Waals surface area contributed by atoms with Crippen LogP contribution < -0.4 is 0 Å². The van der Waals surface area contributed by atoms with Crippen LogP contribution >= 0.6 is 0 Å². The number of aryl methyl sites for hydroxylation is 1. The van der Waals surface area contributed by atoms with Gasteiger partial charge >= 0.3 is 5.97 Å². The molecule has 7 nitrogen and oxygen atoms in total. The van der Waals surface area contributed by atoms with Crippen molar-refractivity contribution < 1.29 is 27.7 Å². The third kappa shape index (κ3) is 7.95. The molecule has 1 aliphatic rings. The normalized spacial score (nSPS) is 14.6. The molecule has 38 heavy (non-hydrogen) atoms. The fourth-order valence-electron chi connectivity index (χ4n) is 4.39. The lowest BCUT2D eigenvalue weighted by atomic mass is 9.95. The number of esters is 1. The van der Waals surface area contributed by atoms with Gasteiger partial charge in [0.15, 0.2) is 0 Å². The van der Waals surface area contributed by atoms with Crippen molar-refractivity contribution in [1.82, 2.24) is 10.0 Å². The Morgan fingerprint density at radius 3 is 2.29 bits per heavy atom. The number of rotatable bonds is 14. The Balaban J connectivity index is 1.53. The maximum atomic E-state index is 13.0. The summed E-state index contributed by atoms with van der Waals surface area (Å²) in [4.78, 5) is 37.1. The van der Waals surface area contributed by atoms with Crippen LogP contribution in [0.15, 0.2) is 61.2 Å². The van der Waals surface area contributed by atoms with Crippen LogP contribution in [0, 0.1) is 5.82 Å². The summed E-state index contributed by atoms with van der Waals surface area (Å²) < 4.78 is 29.7. The van der Waals surface area contributed by atoms with Crippen LogP contribution in [0.3, 0.4) is 0 Å². The number of ether oxygens (including phenoxy) is 1. The number of hydrogen-bond acceptors (Lipinski definition) is 5. The van der Waals surface area contributed by atoms with Crippen LogP contribution in [0.2, 0.25) is 0 Å². The number of benzene rings is 2. The lowest BCUT2D eigenvalue weighted by Gasteiger charge is -2.46. The number of carbonyl (C=O) groups excluding carboxylic acids is 3. The van der Waals surface area contributed by atoms with Gasteiger partial charge in [-0.1, -0.05) is 61.9 Å². The van der Waals surface area contributed by atoms with Gasteiger partial charge in [0, 0.05) is 19.9 Å². The molecule has 2 aromatic carbocycles. The van der Waals surface area contributed by atoms with Gasteiger partial charge in [-0.15, -0.1) is 0 Å². The number of amides is 2. The van der Waals surface area contributed by atoms with Gasteiger partial charge < -0.3 is 4.74 Å². The molecule has 0 aliphatic carbocycles. The molecule has 0 bridgehead atoms. The molecule has 0 aromatic heterocycles. The van der Waals surface area contributed by atoms with E-state index in [0.717, 1.165) is 48.8 Å². The Labute approximate surface area is 226 Å². The standard InChI is InChI=1S/C29H33FN2O5S/c1-3-18-37-27(34)20-24-11-9-23(10-12-24)19-26-28(38-36)29(35)32(26)31(21(2)33)17-7-5-4-6-8-22-13-15-25(30)16-14-22/h3,9-16,26H,1,4-8,17-20H2,2H3. The zero-order valence-electron chi connectivity index (χ0n) is 21.6. The molecule has 3 rings (SSSR count). The van der Waals surface area contributed by atoms with Crippen LogP contribution in [0.1, 0.15) is 49.3 Å². The van der Waals surface area contributed by atoms with E-state index in [1.165, 1.54) is 35.2 Å². The number of nitrogens with zero attached hydrogens (tertiary/aromatic N) is 2. The number of hydrazine groups is 1. The summed E-state index contributed by atoms with van der Waals surface area (Å²) in [6.07, 6.45) is 6.38. The Bertz CT molecular complexity index is 1190. The zero-order chi connectivity index (χ0) is 27.5. The molecule has 1 unspecified atom stereocenters. The maximum absolute atomic E-state index is 13.0. The molecule has 0 N–H and O–H groups in total. The van der Waals surface area contributed by atoms with Crippen molar-refractivity contribution in [1.29, 1.82) is 0 Å². The van der Waals surface area contributed by atoms with Crippen LogP contribution in [0.5, 0.6) is 0 Å². The van der Waals surface area contributed by atoms with Crippen molar-refractivity contribution in [3.63, 3.8) is 0 Å². The minimum absolute atomic E-state index is 0.137. The van der Waals surface area contributed by atoms with Crippen molar-refractivity contribution in [2.24, 2.45) is 0 Å². The highest BCUT2D eigenvalue weighted by Crippen LogP contribution is 2.24.